The summed E-state index contributed by atoms with van der Waals surface area (Å²) < 4.78 is 6.13. The molecule has 8 rings (SSSR count). The average Bonchev–Trinajstić information content (AvgIpc) is 3.20. The van der Waals surface area contributed by atoms with Crippen molar-refractivity contribution < 1.29 is 4.42 Å². The number of rotatable bonds is 3. The van der Waals surface area contributed by atoms with E-state index in [-0.39, 0.29) is 0 Å². The Labute approximate surface area is 189 Å². The largest absolute Gasteiger partial charge is 0.438 e. The van der Waals surface area contributed by atoms with Gasteiger partial charge in [-0.3, -0.25) is 4.98 Å². The molecule has 1 atom stereocenters. The van der Waals surface area contributed by atoms with Crippen LogP contribution in [0.25, 0.3) is 33.3 Å². The first-order valence-electron chi connectivity index (χ1n) is 12.6. The Morgan fingerprint density at radius 3 is 2.53 bits per heavy atom. The van der Waals surface area contributed by atoms with Crippen LogP contribution in [0.2, 0.25) is 0 Å². The predicted octanol–water partition coefficient (Wildman–Crippen LogP) is 7.29. The number of furan rings is 1. The highest BCUT2D eigenvalue weighted by atomic mass is 16.3. The maximum Gasteiger partial charge on any atom is 0.227 e. The van der Waals surface area contributed by atoms with Gasteiger partial charge in [-0.05, 0) is 116 Å². The number of hydrogen-bond donors (Lipinski definition) is 0. The lowest BCUT2D eigenvalue weighted by Gasteiger charge is -2.42. The van der Waals surface area contributed by atoms with Crippen LogP contribution >= 0.6 is 0 Å². The van der Waals surface area contributed by atoms with Crippen LogP contribution < -0.4 is 0 Å². The molecule has 162 valence electrons. The Hall–Kier alpha value is -2.68. The molecule has 0 spiro atoms. The van der Waals surface area contributed by atoms with E-state index < -0.39 is 0 Å². The highest BCUT2D eigenvalue weighted by Gasteiger charge is 2.35. The standard InChI is InChI=1S/C29H30N2O/c1-2-4-22-16-28-25(14-21(22)3-1)26-15-24(17-31-29(26)32-28)27-13-19(9-10-30-27)12-23-11-18-5-7-20(23)8-6-18/h9-10,13-18,20,23H,1-8,11-12H2. The molecule has 3 aromatic heterocycles. The zero-order valence-electron chi connectivity index (χ0n) is 18.6. The van der Waals surface area contributed by atoms with E-state index in [4.69, 9.17) is 14.4 Å². The molecule has 0 saturated heterocycles. The Morgan fingerprint density at radius 2 is 1.72 bits per heavy atom. The summed E-state index contributed by atoms with van der Waals surface area (Å²) in [6.45, 7) is 0. The molecule has 0 N–H and O–H groups in total. The normalized spacial score (nSPS) is 24.8. The maximum absolute atomic E-state index is 6.13. The molecule has 1 aromatic carbocycles. The third-order valence-corrected chi connectivity index (χ3v) is 8.60. The van der Waals surface area contributed by atoms with Crippen LogP contribution in [0.1, 0.15) is 61.6 Å². The van der Waals surface area contributed by atoms with Crippen molar-refractivity contribution in [3.8, 4) is 11.3 Å². The van der Waals surface area contributed by atoms with Crippen molar-refractivity contribution in [3.63, 3.8) is 0 Å². The summed E-state index contributed by atoms with van der Waals surface area (Å²) in [5.41, 5.74) is 8.20. The quantitative estimate of drug-likeness (QED) is 0.348. The fourth-order valence-electron chi connectivity index (χ4n) is 6.86. The zero-order chi connectivity index (χ0) is 21.1. The highest BCUT2D eigenvalue weighted by molar-refractivity contribution is 6.05. The minimum absolute atomic E-state index is 0.737. The van der Waals surface area contributed by atoms with Crippen molar-refractivity contribution in [1.82, 2.24) is 9.97 Å². The van der Waals surface area contributed by atoms with E-state index in [0.717, 1.165) is 45.7 Å². The van der Waals surface area contributed by atoms with Gasteiger partial charge in [-0.25, -0.2) is 4.98 Å². The number of aryl methyl sites for hydroxylation is 2. The number of benzene rings is 1. The number of nitrogens with zero attached hydrogens (tertiary/aromatic N) is 2. The zero-order valence-corrected chi connectivity index (χ0v) is 18.6. The van der Waals surface area contributed by atoms with Gasteiger partial charge in [-0.15, -0.1) is 0 Å². The molecule has 32 heavy (non-hydrogen) atoms. The van der Waals surface area contributed by atoms with Gasteiger partial charge < -0.3 is 4.42 Å². The molecule has 3 heterocycles. The van der Waals surface area contributed by atoms with Crippen molar-refractivity contribution in [2.24, 2.45) is 17.8 Å². The second kappa shape index (κ2) is 7.43. The average molecular weight is 423 g/mol. The van der Waals surface area contributed by atoms with E-state index in [1.807, 2.05) is 12.4 Å². The summed E-state index contributed by atoms with van der Waals surface area (Å²) in [6, 6.07) is 11.4. The van der Waals surface area contributed by atoms with Gasteiger partial charge in [0.15, 0.2) is 0 Å². The van der Waals surface area contributed by atoms with E-state index >= 15 is 0 Å². The molecule has 3 saturated carbocycles. The second-order valence-electron chi connectivity index (χ2n) is 10.5. The van der Waals surface area contributed by atoms with Crippen molar-refractivity contribution in [2.45, 2.75) is 64.2 Å². The van der Waals surface area contributed by atoms with Crippen LogP contribution in [0.3, 0.4) is 0 Å². The molecule has 1 unspecified atom stereocenters. The third kappa shape index (κ3) is 3.17. The summed E-state index contributed by atoms with van der Waals surface area (Å²) in [7, 11) is 0. The van der Waals surface area contributed by atoms with E-state index in [1.54, 1.807) is 0 Å². The lowest BCUT2D eigenvalue weighted by atomic mass is 9.63. The minimum atomic E-state index is 0.737. The van der Waals surface area contributed by atoms with Gasteiger partial charge in [0, 0.05) is 28.7 Å². The molecular weight excluding hydrogens is 392 g/mol. The van der Waals surface area contributed by atoms with Crippen molar-refractivity contribution in [2.75, 3.05) is 0 Å². The van der Waals surface area contributed by atoms with Crippen molar-refractivity contribution >= 4 is 22.1 Å². The van der Waals surface area contributed by atoms with Crippen LogP contribution in [0.5, 0.6) is 0 Å². The van der Waals surface area contributed by atoms with Gasteiger partial charge in [0.2, 0.25) is 5.71 Å². The monoisotopic (exact) mass is 422 g/mol. The Kier molecular flexibility index (Phi) is 4.38. The molecule has 3 fully saturated rings. The Morgan fingerprint density at radius 1 is 0.875 bits per heavy atom. The Bertz CT molecular complexity index is 1310. The minimum Gasteiger partial charge on any atom is -0.438 e. The van der Waals surface area contributed by atoms with Gasteiger partial charge in [0.25, 0.3) is 0 Å². The molecular formula is C29H30N2O. The summed E-state index contributed by atoms with van der Waals surface area (Å²) in [5, 5.41) is 2.31. The van der Waals surface area contributed by atoms with E-state index in [1.165, 1.54) is 86.3 Å². The van der Waals surface area contributed by atoms with E-state index in [2.05, 4.69) is 30.3 Å². The smallest absolute Gasteiger partial charge is 0.227 e. The second-order valence-corrected chi connectivity index (χ2v) is 10.5. The maximum atomic E-state index is 6.13. The van der Waals surface area contributed by atoms with Gasteiger partial charge >= 0.3 is 0 Å². The topological polar surface area (TPSA) is 38.9 Å². The molecule has 0 aliphatic heterocycles. The van der Waals surface area contributed by atoms with E-state index in [9.17, 15) is 0 Å². The summed E-state index contributed by atoms with van der Waals surface area (Å²) >= 11 is 0. The lowest BCUT2D eigenvalue weighted by Crippen LogP contribution is -2.32. The molecule has 3 heteroatoms. The molecule has 4 aliphatic carbocycles. The molecule has 4 aromatic rings. The summed E-state index contributed by atoms with van der Waals surface area (Å²) in [6.07, 6.45) is 17.3. The molecule has 2 bridgehead atoms. The molecule has 3 nitrogen and oxygen atoms in total. The van der Waals surface area contributed by atoms with Crippen LogP contribution in [0.15, 0.2) is 47.1 Å². The fraction of sp³-hybridized carbons (Fsp3) is 0.448. The Balaban J connectivity index is 1.24. The summed E-state index contributed by atoms with van der Waals surface area (Å²) in [4.78, 5) is 9.41. The van der Waals surface area contributed by atoms with Gasteiger partial charge in [0.1, 0.15) is 5.58 Å². The lowest BCUT2D eigenvalue weighted by molar-refractivity contribution is 0.0991. The SMILES string of the molecule is c1cc(CC2CC3CCC2CC3)cc(-c2cnc3oc4cc5c(cc4c3c2)CCCC5)n1. The predicted molar refractivity (Wildman–Crippen MR) is 129 cm³/mol. The third-order valence-electron chi connectivity index (χ3n) is 8.60. The first-order chi connectivity index (χ1) is 15.8. The van der Waals surface area contributed by atoms with Gasteiger partial charge in [-0.2, -0.15) is 0 Å². The van der Waals surface area contributed by atoms with Crippen LogP contribution in [0.4, 0.5) is 0 Å². The fourth-order valence-corrected chi connectivity index (χ4v) is 6.86. The number of aromatic nitrogens is 2. The first kappa shape index (κ1) is 18.8. The molecule has 0 amide bonds. The molecule has 4 aliphatic rings. The number of fused-ring (bicyclic) bond motifs is 7. The van der Waals surface area contributed by atoms with Crippen molar-refractivity contribution in [1.29, 1.82) is 0 Å². The number of hydrogen-bond acceptors (Lipinski definition) is 3. The highest BCUT2D eigenvalue weighted by Crippen LogP contribution is 2.46. The number of pyridine rings is 2. The van der Waals surface area contributed by atoms with Gasteiger partial charge in [0.05, 0.1) is 5.69 Å². The van der Waals surface area contributed by atoms with Crippen LogP contribution in [-0.2, 0) is 19.3 Å². The van der Waals surface area contributed by atoms with Crippen LogP contribution in [-0.4, -0.2) is 9.97 Å². The first-order valence-corrected chi connectivity index (χ1v) is 12.6. The van der Waals surface area contributed by atoms with Gasteiger partial charge in [-0.1, -0.05) is 12.8 Å². The van der Waals surface area contributed by atoms with Crippen LogP contribution in [0, 0.1) is 17.8 Å². The van der Waals surface area contributed by atoms with E-state index in [0.29, 0.717) is 0 Å². The molecule has 0 radical (unpaired) electrons. The van der Waals surface area contributed by atoms with Crippen molar-refractivity contribution in [3.05, 3.63) is 59.4 Å². The summed E-state index contributed by atoms with van der Waals surface area (Å²) in [5.74, 6) is 2.79.